The molecule has 0 aliphatic heterocycles. The Labute approximate surface area is 141 Å². The summed E-state index contributed by atoms with van der Waals surface area (Å²) in [6.45, 7) is 2.99. The molecule has 0 aliphatic carbocycles. The van der Waals surface area contributed by atoms with Crippen molar-refractivity contribution < 1.29 is 9.13 Å². The minimum Gasteiger partial charge on any atom is -0.494 e. The minimum atomic E-state index is -0.357. The monoisotopic (exact) mass is 324 g/mol. The van der Waals surface area contributed by atoms with Gasteiger partial charge in [-0.1, -0.05) is 43.7 Å². The van der Waals surface area contributed by atoms with Crippen LogP contribution in [0.5, 0.6) is 5.75 Å². The van der Waals surface area contributed by atoms with Crippen LogP contribution in [-0.4, -0.2) is 16.9 Å². The van der Waals surface area contributed by atoms with Crippen molar-refractivity contribution in [2.24, 2.45) is 0 Å². The van der Waals surface area contributed by atoms with Gasteiger partial charge in [0.15, 0.2) is 11.6 Å². The Morgan fingerprint density at radius 2 is 1.83 bits per heavy atom. The van der Waals surface area contributed by atoms with Crippen molar-refractivity contribution in [3.8, 4) is 28.3 Å². The van der Waals surface area contributed by atoms with Gasteiger partial charge in [0, 0.05) is 17.7 Å². The molecule has 1 aromatic heterocycles. The molecule has 0 fully saturated rings. The van der Waals surface area contributed by atoms with E-state index < -0.39 is 0 Å². The molecule has 2 aromatic carbocycles. The lowest BCUT2D eigenvalue weighted by Gasteiger charge is -2.08. The van der Waals surface area contributed by atoms with Crippen molar-refractivity contribution in [1.29, 1.82) is 0 Å². The maximum absolute atomic E-state index is 13.7. The van der Waals surface area contributed by atoms with Crippen LogP contribution in [0.2, 0.25) is 0 Å². The summed E-state index contributed by atoms with van der Waals surface area (Å²) in [7, 11) is 1.48. The fourth-order valence-corrected chi connectivity index (χ4v) is 2.70. The fraction of sp³-hybridized carbons (Fsp3) is 0.250. The highest BCUT2D eigenvalue weighted by Gasteiger charge is 2.13. The summed E-state index contributed by atoms with van der Waals surface area (Å²) >= 11 is 0. The molecule has 0 bridgehead atoms. The van der Waals surface area contributed by atoms with Crippen molar-refractivity contribution in [3.63, 3.8) is 0 Å². The van der Waals surface area contributed by atoms with Crippen molar-refractivity contribution in [2.45, 2.75) is 26.3 Å². The summed E-state index contributed by atoms with van der Waals surface area (Å²) in [5, 5.41) is 4.75. The lowest BCUT2D eigenvalue weighted by atomic mass is 10.1. The second-order valence-corrected chi connectivity index (χ2v) is 5.71. The summed E-state index contributed by atoms with van der Waals surface area (Å²) in [5.74, 6) is -0.110. The molecule has 0 radical (unpaired) electrons. The van der Waals surface area contributed by atoms with Gasteiger partial charge in [-0.05, 0) is 30.7 Å². The third-order valence-electron chi connectivity index (χ3n) is 4.02. The van der Waals surface area contributed by atoms with Crippen molar-refractivity contribution >= 4 is 0 Å². The SMILES string of the molecule is CCCCn1nc(-c2ccccc2)cc1-c1ccc(F)c(OC)c1. The van der Waals surface area contributed by atoms with Crippen LogP contribution in [0.25, 0.3) is 22.5 Å². The van der Waals surface area contributed by atoms with Crippen LogP contribution in [0.4, 0.5) is 4.39 Å². The Kier molecular flexibility index (Phi) is 4.94. The third kappa shape index (κ3) is 3.32. The van der Waals surface area contributed by atoms with E-state index in [-0.39, 0.29) is 11.6 Å². The summed E-state index contributed by atoms with van der Waals surface area (Å²) in [4.78, 5) is 0. The van der Waals surface area contributed by atoms with Gasteiger partial charge >= 0.3 is 0 Å². The highest BCUT2D eigenvalue weighted by atomic mass is 19.1. The lowest BCUT2D eigenvalue weighted by molar-refractivity contribution is 0.386. The maximum Gasteiger partial charge on any atom is 0.165 e. The molecular formula is C20H21FN2O. The van der Waals surface area contributed by atoms with Crippen LogP contribution in [0.15, 0.2) is 54.6 Å². The summed E-state index contributed by atoms with van der Waals surface area (Å²) in [6.07, 6.45) is 2.13. The first kappa shape index (κ1) is 16.2. The maximum atomic E-state index is 13.7. The Hall–Kier alpha value is -2.62. The van der Waals surface area contributed by atoms with Gasteiger partial charge in [0.25, 0.3) is 0 Å². The standard InChI is InChI=1S/C20H21FN2O/c1-3-4-12-23-19(16-10-11-17(21)20(13-16)24-2)14-18(22-23)15-8-6-5-7-9-15/h5-11,13-14H,3-4,12H2,1-2H3. The number of methoxy groups -OCH3 is 1. The molecule has 0 unspecified atom stereocenters. The highest BCUT2D eigenvalue weighted by Crippen LogP contribution is 2.30. The number of aromatic nitrogens is 2. The van der Waals surface area contributed by atoms with E-state index in [1.807, 2.05) is 35.0 Å². The van der Waals surface area contributed by atoms with E-state index >= 15 is 0 Å². The first-order chi connectivity index (χ1) is 11.7. The van der Waals surface area contributed by atoms with Crippen LogP contribution in [-0.2, 0) is 6.54 Å². The average Bonchev–Trinajstić information content (AvgIpc) is 3.05. The first-order valence-corrected chi connectivity index (χ1v) is 8.20. The van der Waals surface area contributed by atoms with Crippen LogP contribution in [0, 0.1) is 5.82 Å². The second-order valence-electron chi connectivity index (χ2n) is 5.71. The molecule has 24 heavy (non-hydrogen) atoms. The van der Waals surface area contributed by atoms with Gasteiger partial charge in [0.05, 0.1) is 18.5 Å². The number of benzene rings is 2. The molecule has 0 atom stereocenters. The Morgan fingerprint density at radius 3 is 2.54 bits per heavy atom. The Bertz CT molecular complexity index is 812. The van der Waals surface area contributed by atoms with Gasteiger partial charge in [-0.3, -0.25) is 4.68 Å². The zero-order valence-electron chi connectivity index (χ0n) is 14.0. The number of nitrogens with zero attached hydrogens (tertiary/aromatic N) is 2. The molecule has 3 aromatic rings. The number of ether oxygens (including phenoxy) is 1. The topological polar surface area (TPSA) is 27.1 Å². The smallest absolute Gasteiger partial charge is 0.165 e. The summed E-state index contributed by atoms with van der Waals surface area (Å²) < 4.78 is 20.8. The van der Waals surface area contributed by atoms with Gasteiger partial charge in [-0.15, -0.1) is 0 Å². The number of hydrogen-bond donors (Lipinski definition) is 0. The summed E-state index contributed by atoms with van der Waals surface area (Å²) in [5.41, 5.74) is 3.87. The average molecular weight is 324 g/mol. The Morgan fingerprint density at radius 1 is 1.04 bits per heavy atom. The van der Waals surface area contributed by atoms with E-state index in [1.165, 1.54) is 13.2 Å². The van der Waals surface area contributed by atoms with Gasteiger partial charge in [-0.25, -0.2) is 4.39 Å². The number of rotatable bonds is 6. The number of hydrogen-bond acceptors (Lipinski definition) is 2. The van der Waals surface area contributed by atoms with Crippen LogP contribution >= 0.6 is 0 Å². The molecular weight excluding hydrogens is 303 g/mol. The molecule has 0 aliphatic rings. The molecule has 1 heterocycles. The van der Waals surface area contributed by atoms with E-state index in [0.717, 1.165) is 41.9 Å². The minimum absolute atomic E-state index is 0.247. The molecule has 0 saturated carbocycles. The number of unbranched alkanes of at least 4 members (excludes halogenated alkanes) is 1. The summed E-state index contributed by atoms with van der Waals surface area (Å²) in [6, 6.07) is 17.1. The molecule has 3 nitrogen and oxygen atoms in total. The zero-order valence-corrected chi connectivity index (χ0v) is 14.0. The van der Waals surface area contributed by atoms with Crippen LogP contribution < -0.4 is 4.74 Å². The quantitative estimate of drug-likeness (QED) is 0.626. The van der Waals surface area contributed by atoms with Gasteiger partial charge in [-0.2, -0.15) is 5.10 Å². The normalized spacial score (nSPS) is 10.8. The molecule has 0 spiro atoms. The van der Waals surface area contributed by atoms with Crippen LogP contribution in [0.3, 0.4) is 0 Å². The Balaban J connectivity index is 2.06. The van der Waals surface area contributed by atoms with Crippen molar-refractivity contribution in [3.05, 3.63) is 60.4 Å². The third-order valence-corrected chi connectivity index (χ3v) is 4.02. The fourth-order valence-electron chi connectivity index (χ4n) is 2.70. The van der Waals surface area contributed by atoms with E-state index in [4.69, 9.17) is 9.84 Å². The van der Waals surface area contributed by atoms with E-state index in [1.54, 1.807) is 12.1 Å². The first-order valence-electron chi connectivity index (χ1n) is 8.20. The van der Waals surface area contributed by atoms with Crippen molar-refractivity contribution in [1.82, 2.24) is 9.78 Å². The molecule has 4 heteroatoms. The van der Waals surface area contributed by atoms with Gasteiger partial charge in [0.1, 0.15) is 0 Å². The largest absolute Gasteiger partial charge is 0.494 e. The van der Waals surface area contributed by atoms with Crippen LogP contribution in [0.1, 0.15) is 19.8 Å². The molecule has 0 amide bonds. The van der Waals surface area contributed by atoms with E-state index in [9.17, 15) is 4.39 Å². The van der Waals surface area contributed by atoms with Gasteiger partial charge < -0.3 is 4.74 Å². The molecule has 124 valence electrons. The number of halogens is 1. The lowest BCUT2D eigenvalue weighted by Crippen LogP contribution is -2.02. The highest BCUT2D eigenvalue weighted by molar-refractivity contribution is 5.69. The second kappa shape index (κ2) is 7.30. The number of aryl methyl sites for hydroxylation is 1. The molecule has 0 saturated heterocycles. The predicted molar refractivity (Wildman–Crippen MR) is 94.5 cm³/mol. The molecule has 3 rings (SSSR count). The van der Waals surface area contributed by atoms with Gasteiger partial charge in [0.2, 0.25) is 0 Å². The van der Waals surface area contributed by atoms with E-state index in [2.05, 4.69) is 13.0 Å². The molecule has 0 N–H and O–H groups in total. The van der Waals surface area contributed by atoms with E-state index in [0.29, 0.717) is 0 Å². The zero-order chi connectivity index (χ0) is 16.9. The van der Waals surface area contributed by atoms with Crippen molar-refractivity contribution in [2.75, 3.05) is 7.11 Å². The predicted octanol–water partition coefficient (Wildman–Crippen LogP) is 5.16.